The van der Waals surface area contributed by atoms with Gasteiger partial charge in [0.25, 0.3) is 0 Å². The van der Waals surface area contributed by atoms with E-state index in [1.54, 1.807) is 23.3 Å². The SMILES string of the molecule is c1cnc2c(Cn3nnc4ncc(-c5ccn[nH]5)nc43)cccc2c1. The summed E-state index contributed by atoms with van der Waals surface area (Å²) in [4.78, 5) is 13.5. The number of aromatic amines is 1. The van der Waals surface area contributed by atoms with E-state index in [2.05, 4.69) is 35.5 Å². The lowest BCUT2D eigenvalue weighted by Gasteiger charge is -2.06. The van der Waals surface area contributed by atoms with Gasteiger partial charge in [-0.2, -0.15) is 5.10 Å². The van der Waals surface area contributed by atoms with Crippen molar-refractivity contribution >= 4 is 22.2 Å². The number of nitrogens with zero attached hydrogens (tertiary/aromatic N) is 7. The Morgan fingerprint density at radius 1 is 1.00 bits per heavy atom. The van der Waals surface area contributed by atoms with Gasteiger partial charge in [0.2, 0.25) is 5.65 Å². The van der Waals surface area contributed by atoms with Crippen molar-refractivity contribution in [3.63, 3.8) is 0 Å². The van der Waals surface area contributed by atoms with Gasteiger partial charge < -0.3 is 0 Å². The van der Waals surface area contributed by atoms with E-state index in [0.29, 0.717) is 23.5 Å². The molecule has 120 valence electrons. The first-order chi connectivity index (χ1) is 12.4. The average Bonchev–Trinajstić information content (AvgIpc) is 3.32. The quantitative estimate of drug-likeness (QED) is 0.545. The van der Waals surface area contributed by atoms with Gasteiger partial charge in [-0.3, -0.25) is 10.1 Å². The van der Waals surface area contributed by atoms with Gasteiger partial charge in [-0.05, 0) is 17.7 Å². The van der Waals surface area contributed by atoms with Crippen LogP contribution in [0.4, 0.5) is 0 Å². The Morgan fingerprint density at radius 2 is 1.96 bits per heavy atom. The minimum absolute atomic E-state index is 0.511. The van der Waals surface area contributed by atoms with Crippen LogP contribution in [-0.2, 0) is 6.54 Å². The zero-order chi connectivity index (χ0) is 16.6. The molecule has 0 saturated heterocycles. The molecule has 8 nitrogen and oxygen atoms in total. The molecule has 5 rings (SSSR count). The molecule has 8 heteroatoms. The Hall–Kier alpha value is -3.68. The predicted molar refractivity (Wildman–Crippen MR) is 91.5 cm³/mol. The van der Waals surface area contributed by atoms with Crippen LogP contribution >= 0.6 is 0 Å². The summed E-state index contributed by atoms with van der Waals surface area (Å²) in [6.07, 6.45) is 5.13. The molecule has 5 aromatic rings. The second kappa shape index (κ2) is 5.45. The van der Waals surface area contributed by atoms with Crippen molar-refractivity contribution in [3.05, 3.63) is 60.6 Å². The molecule has 0 amide bonds. The Bertz CT molecular complexity index is 1170. The van der Waals surface area contributed by atoms with Gasteiger partial charge >= 0.3 is 0 Å². The minimum Gasteiger partial charge on any atom is -0.276 e. The first-order valence-corrected chi connectivity index (χ1v) is 7.77. The van der Waals surface area contributed by atoms with Gasteiger partial charge in [0.15, 0.2) is 5.65 Å². The maximum atomic E-state index is 4.64. The number of hydrogen-bond acceptors (Lipinski definition) is 6. The van der Waals surface area contributed by atoms with E-state index in [-0.39, 0.29) is 0 Å². The second-order valence-electron chi connectivity index (χ2n) is 5.61. The summed E-state index contributed by atoms with van der Waals surface area (Å²) < 4.78 is 1.74. The fourth-order valence-corrected chi connectivity index (χ4v) is 2.85. The third-order valence-electron chi connectivity index (χ3n) is 4.04. The van der Waals surface area contributed by atoms with E-state index >= 15 is 0 Å². The summed E-state index contributed by atoms with van der Waals surface area (Å²) in [5.41, 5.74) is 4.64. The monoisotopic (exact) mass is 328 g/mol. The van der Waals surface area contributed by atoms with E-state index in [1.807, 2.05) is 36.4 Å². The van der Waals surface area contributed by atoms with Crippen molar-refractivity contribution < 1.29 is 0 Å². The van der Waals surface area contributed by atoms with Crippen LogP contribution in [-0.4, -0.2) is 40.1 Å². The minimum atomic E-state index is 0.511. The Labute approximate surface area is 141 Å². The molecule has 25 heavy (non-hydrogen) atoms. The third-order valence-corrected chi connectivity index (χ3v) is 4.04. The van der Waals surface area contributed by atoms with E-state index in [1.165, 1.54) is 0 Å². The Morgan fingerprint density at radius 3 is 2.88 bits per heavy atom. The van der Waals surface area contributed by atoms with Crippen LogP contribution in [0, 0.1) is 0 Å². The first kappa shape index (κ1) is 13.7. The van der Waals surface area contributed by atoms with E-state index in [0.717, 1.165) is 22.2 Å². The van der Waals surface area contributed by atoms with Crippen molar-refractivity contribution in [2.45, 2.75) is 6.54 Å². The fraction of sp³-hybridized carbons (Fsp3) is 0.0588. The van der Waals surface area contributed by atoms with Gasteiger partial charge in [0.1, 0.15) is 5.69 Å². The topological polar surface area (TPSA) is 98.1 Å². The first-order valence-electron chi connectivity index (χ1n) is 7.77. The molecule has 0 aliphatic heterocycles. The van der Waals surface area contributed by atoms with E-state index in [4.69, 9.17) is 0 Å². The van der Waals surface area contributed by atoms with Gasteiger partial charge in [-0.1, -0.05) is 29.5 Å². The van der Waals surface area contributed by atoms with Crippen LogP contribution in [0.15, 0.2) is 55.0 Å². The number of H-pyrrole nitrogens is 1. The van der Waals surface area contributed by atoms with Crippen LogP contribution < -0.4 is 0 Å². The molecule has 4 aromatic heterocycles. The summed E-state index contributed by atoms with van der Waals surface area (Å²) in [5, 5.41) is 16.3. The molecule has 0 atom stereocenters. The molecule has 1 N–H and O–H groups in total. The maximum Gasteiger partial charge on any atom is 0.221 e. The van der Waals surface area contributed by atoms with Crippen LogP contribution in [0.25, 0.3) is 33.6 Å². The number of rotatable bonds is 3. The summed E-state index contributed by atoms with van der Waals surface area (Å²) in [6, 6.07) is 11.9. The van der Waals surface area contributed by atoms with Gasteiger partial charge in [-0.25, -0.2) is 14.6 Å². The number of pyridine rings is 1. The van der Waals surface area contributed by atoms with Crippen molar-refractivity contribution in [2.75, 3.05) is 0 Å². The lowest BCUT2D eigenvalue weighted by atomic mass is 10.1. The summed E-state index contributed by atoms with van der Waals surface area (Å²) in [6.45, 7) is 0.520. The zero-order valence-electron chi connectivity index (χ0n) is 13.0. The Kier molecular flexibility index (Phi) is 2.99. The summed E-state index contributed by atoms with van der Waals surface area (Å²) >= 11 is 0. The molecule has 0 spiro atoms. The zero-order valence-corrected chi connectivity index (χ0v) is 13.0. The van der Waals surface area contributed by atoms with Crippen molar-refractivity contribution in [1.29, 1.82) is 0 Å². The molecule has 0 bridgehead atoms. The largest absolute Gasteiger partial charge is 0.276 e. The number of nitrogens with one attached hydrogen (secondary N) is 1. The lowest BCUT2D eigenvalue weighted by Crippen LogP contribution is -2.04. The summed E-state index contributed by atoms with van der Waals surface area (Å²) in [7, 11) is 0. The number of para-hydroxylation sites is 1. The normalized spacial score (nSPS) is 11.4. The molecule has 0 aliphatic carbocycles. The highest BCUT2D eigenvalue weighted by molar-refractivity contribution is 5.81. The number of fused-ring (bicyclic) bond motifs is 2. The average molecular weight is 328 g/mol. The molecule has 0 aliphatic rings. The third kappa shape index (κ3) is 2.31. The van der Waals surface area contributed by atoms with Crippen LogP contribution in [0.5, 0.6) is 0 Å². The molecular weight excluding hydrogens is 316 g/mol. The van der Waals surface area contributed by atoms with E-state index < -0.39 is 0 Å². The van der Waals surface area contributed by atoms with Crippen LogP contribution in [0.2, 0.25) is 0 Å². The predicted octanol–water partition coefficient (Wildman–Crippen LogP) is 2.21. The van der Waals surface area contributed by atoms with Crippen molar-refractivity contribution in [3.8, 4) is 11.4 Å². The highest BCUT2D eigenvalue weighted by atomic mass is 15.5. The highest BCUT2D eigenvalue weighted by Crippen LogP contribution is 2.19. The Balaban J connectivity index is 1.62. The van der Waals surface area contributed by atoms with Crippen molar-refractivity contribution in [1.82, 2.24) is 40.1 Å². The fourth-order valence-electron chi connectivity index (χ4n) is 2.85. The smallest absolute Gasteiger partial charge is 0.221 e. The molecule has 0 unspecified atom stereocenters. The molecule has 4 heterocycles. The molecule has 0 radical (unpaired) electrons. The number of aromatic nitrogens is 8. The van der Waals surface area contributed by atoms with E-state index in [9.17, 15) is 0 Å². The maximum absolute atomic E-state index is 4.64. The number of benzene rings is 1. The standard InChI is InChI=1S/C17H12N8/c1-3-11-5-2-7-18-15(11)12(4-1)10-25-17-16(23-24-25)19-9-14(21-17)13-6-8-20-22-13/h1-9H,10H2,(H,20,22). The molecular formula is C17H12N8. The van der Waals surface area contributed by atoms with Crippen LogP contribution in [0.1, 0.15) is 5.56 Å². The summed E-state index contributed by atoms with van der Waals surface area (Å²) in [5.74, 6) is 0. The van der Waals surface area contributed by atoms with Gasteiger partial charge in [0.05, 0.1) is 24.0 Å². The molecule has 0 fully saturated rings. The molecule has 0 saturated carbocycles. The molecule has 1 aromatic carbocycles. The lowest BCUT2D eigenvalue weighted by molar-refractivity contribution is 0.666. The highest BCUT2D eigenvalue weighted by Gasteiger charge is 2.12. The van der Waals surface area contributed by atoms with Gasteiger partial charge in [0, 0.05) is 17.8 Å². The van der Waals surface area contributed by atoms with Crippen molar-refractivity contribution in [2.24, 2.45) is 0 Å². The second-order valence-corrected chi connectivity index (χ2v) is 5.61. The van der Waals surface area contributed by atoms with Crippen LogP contribution in [0.3, 0.4) is 0 Å². The van der Waals surface area contributed by atoms with Gasteiger partial charge in [-0.15, -0.1) is 5.10 Å². The number of hydrogen-bond donors (Lipinski definition) is 1.